The van der Waals surface area contributed by atoms with Crippen LogP contribution in [0.4, 0.5) is 0 Å². The van der Waals surface area contributed by atoms with Gasteiger partial charge < -0.3 is 10.1 Å². The van der Waals surface area contributed by atoms with E-state index in [1.165, 1.54) is 0 Å². The number of nitrogens with one attached hydrogen (secondary N) is 1. The summed E-state index contributed by atoms with van der Waals surface area (Å²) in [7, 11) is 0. The molecule has 1 aromatic heterocycles. The van der Waals surface area contributed by atoms with E-state index in [9.17, 15) is 9.59 Å². The van der Waals surface area contributed by atoms with Gasteiger partial charge in [-0.2, -0.15) is 0 Å². The number of terminal acetylenes is 1. The fourth-order valence-corrected chi connectivity index (χ4v) is 3.67. The minimum absolute atomic E-state index is 0.0949. The number of fused-ring (bicyclic) bond motifs is 2. The molecule has 5 heteroatoms. The number of carbonyl (C=O) groups excluding carboxylic acids is 2. The highest BCUT2D eigenvalue weighted by atomic mass is 16.5. The third kappa shape index (κ3) is 3.94. The van der Waals surface area contributed by atoms with Crippen LogP contribution in [-0.4, -0.2) is 30.0 Å². The van der Waals surface area contributed by atoms with Gasteiger partial charge in [0.25, 0.3) is 5.91 Å². The first-order chi connectivity index (χ1) is 14.7. The number of allylic oxidation sites excluding steroid dienone is 1. The summed E-state index contributed by atoms with van der Waals surface area (Å²) in [5, 5.41) is 3.22. The number of carbonyl (C=O) groups is 2. The van der Waals surface area contributed by atoms with Crippen LogP contribution in [0.25, 0.3) is 22.6 Å². The van der Waals surface area contributed by atoms with Crippen molar-refractivity contribution in [2.75, 3.05) is 13.2 Å². The van der Waals surface area contributed by atoms with Crippen molar-refractivity contribution in [3.63, 3.8) is 0 Å². The smallest absolute Gasteiger partial charge is 0.339 e. The van der Waals surface area contributed by atoms with Crippen LogP contribution in [0, 0.1) is 12.3 Å². The molecule has 0 unspecified atom stereocenters. The molecule has 0 radical (unpaired) electrons. The van der Waals surface area contributed by atoms with E-state index in [4.69, 9.17) is 16.1 Å². The second-order valence-corrected chi connectivity index (χ2v) is 6.97. The van der Waals surface area contributed by atoms with Crippen LogP contribution in [0.5, 0.6) is 0 Å². The molecule has 0 fully saturated rings. The van der Waals surface area contributed by atoms with Crippen molar-refractivity contribution in [2.24, 2.45) is 0 Å². The van der Waals surface area contributed by atoms with E-state index in [0.717, 1.165) is 39.7 Å². The number of amides is 1. The number of aromatic nitrogens is 1. The summed E-state index contributed by atoms with van der Waals surface area (Å²) >= 11 is 0. The molecule has 1 aliphatic rings. The van der Waals surface area contributed by atoms with Gasteiger partial charge in [-0.1, -0.05) is 54.5 Å². The number of pyridine rings is 1. The number of nitrogens with zero attached hydrogens (tertiary/aromatic N) is 1. The van der Waals surface area contributed by atoms with Gasteiger partial charge >= 0.3 is 5.97 Å². The average molecular weight is 396 g/mol. The zero-order valence-electron chi connectivity index (χ0n) is 16.4. The number of rotatable bonds is 5. The largest absolute Gasteiger partial charge is 0.452 e. The van der Waals surface area contributed by atoms with E-state index >= 15 is 0 Å². The van der Waals surface area contributed by atoms with E-state index in [-0.39, 0.29) is 13.2 Å². The monoisotopic (exact) mass is 396 g/mol. The van der Waals surface area contributed by atoms with Crippen LogP contribution >= 0.6 is 0 Å². The van der Waals surface area contributed by atoms with E-state index in [0.29, 0.717) is 12.0 Å². The molecular weight excluding hydrogens is 376 g/mol. The predicted molar refractivity (Wildman–Crippen MR) is 117 cm³/mol. The normalized spacial score (nSPS) is 13.6. The standard InChI is InChI=1S/C25H20N2O3/c1-2-14-26-22(28)16-30-25(29)23-19-10-6-7-11-21(19)27-24-18(12-13-20(23)24)15-17-8-4-3-5-9-17/h1,3-11,15H,12-14,16H2,(H,26,28)/b18-15+. The molecule has 4 rings (SSSR count). The SMILES string of the molecule is C#CCNC(=O)COC(=O)c1c2c(nc3ccccc13)/C(=C/c1ccccc1)CC2. The van der Waals surface area contributed by atoms with Gasteiger partial charge in [0.2, 0.25) is 0 Å². The van der Waals surface area contributed by atoms with Crippen molar-refractivity contribution in [1.29, 1.82) is 0 Å². The molecule has 0 saturated carbocycles. The third-order valence-corrected chi connectivity index (χ3v) is 5.01. The lowest BCUT2D eigenvalue weighted by Gasteiger charge is -2.12. The van der Waals surface area contributed by atoms with Crippen molar-refractivity contribution in [1.82, 2.24) is 10.3 Å². The molecule has 0 atom stereocenters. The maximum absolute atomic E-state index is 13.0. The summed E-state index contributed by atoms with van der Waals surface area (Å²) in [6.07, 6.45) is 8.72. The van der Waals surface area contributed by atoms with E-state index in [1.54, 1.807) is 0 Å². The minimum atomic E-state index is -0.526. The van der Waals surface area contributed by atoms with Gasteiger partial charge in [-0.15, -0.1) is 6.42 Å². The fourth-order valence-electron chi connectivity index (χ4n) is 3.67. The summed E-state index contributed by atoms with van der Waals surface area (Å²) in [5.41, 5.74) is 5.07. The quantitative estimate of drug-likeness (QED) is 0.528. The molecule has 1 aliphatic carbocycles. The summed E-state index contributed by atoms with van der Waals surface area (Å²) in [5.74, 6) is 1.36. The van der Waals surface area contributed by atoms with Gasteiger partial charge in [0.15, 0.2) is 6.61 Å². The summed E-state index contributed by atoms with van der Waals surface area (Å²) < 4.78 is 5.31. The van der Waals surface area contributed by atoms with E-state index in [2.05, 4.69) is 17.3 Å². The molecule has 0 bridgehead atoms. The van der Waals surface area contributed by atoms with Crippen LogP contribution in [-0.2, 0) is 16.0 Å². The lowest BCUT2D eigenvalue weighted by atomic mass is 10.0. The topological polar surface area (TPSA) is 68.3 Å². The highest BCUT2D eigenvalue weighted by Gasteiger charge is 2.27. The Labute approximate surface area is 174 Å². The minimum Gasteiger partial charge on any atom is -0.452 e. The molecule has 3 aromatic rings. The van der Waals surface area contributed by atoms with Gasteiger partial charge in [-0.25, -0.2) is 9.78 Å². The molecule has 1 amide bonds. The van der Waals surface area contributed by atoms with Crippen molar-refractivity contribution in [2.45, 2.75) is 12.8 Å². The number of hydrogen-bond acceptors (Lipinski definition) is 4. The lowest BCUT2D eigenvalue weighted by molar-refractivity contribution is -0.123. The average Bonchev–Trinajstić information content (AvgIpc) is 3.17. The van der Waals surface area contributed by atoms with Crippen molar-refractivity contribution in [3.05, 3.63) is 77.0 Å². The van der Waals surface area contributed by atoms with Gasteiger partial charge in [-0.3, -0.25) is 4.79 Å². The Bertz CT molecular complexity index is 1190. The highest BCUT2D eigenvalue weighted by molar-refractivity contribution is 6.07. The molecule has 30 heavy (non-hydrogen) atoms. The fraction of sp³-hybridized carbons (Fsp3) is 0.160. The first-order valence-electron chi connectivity index (χ1n) is 9.72. The molecular formula is C25H20N2O3. The van der Waals surface area contributed by atoms with E-state index < -0.39 is 11.9 Å². The molecule has 2 aromatic carbocycles. The number of para-hydroxylation sites is 1. The second kappa shape index (κ2) is 8.62. The van der Waals surface area contributed by atoms with Gasteiger partial charge in [-0.05, 0) is 41.7 Å². The van der Waals surface area contributed by atoms with Gasteiger partial charge in [0, 0.05) is 5.39 Å². The molecule has 1 heterocycles. The molecule has 1 N–H and O–H groups in total. The van der Waals surface area contributed by atoms with Gasteiger partial charge in [0.05, 0.1) is 23.3 Å². The number of benzene rings is 2. The molecule has 0 aliphatic heterocycles. The predicted octanol–water partition coefficient (Wildman–Crippen LogP) is 3.63. The summed E-state index contributed by atoms with van der Waals surface area (Å²) in [4.78, 5) is 29.6. The van der Waals surface area contributed by atoms with Crippen LogP contribution in [0.15, 0.2) is 54.6 Å². The Morgan fingerprint density at radius 3 is 2.67 bits per heavy atom. The van der Waals surface area contributed by atoms with Crippen LogP contribution in [0.2, 0.25) is 0 Å². The Balaban J connectivity index is 1.72. The number of hydrogen-bond donors (Lipinski definition) is 1. The summed E-state index contributed by atoms with van der Waals surface area (Å²) in [6.45, 7) is -0.281. The maximum Gasteiger partial charge on any atom is 0.339 e. The third-order valence-electron chi connectivity index (χ3n) is 5.01. The van der Waals surface area contributed by atoms with Crippen molar-refractivity contribution >= 4 is 34.4 Å². The Morgan fingerprint density at radius 1 is 1.10 bits per heavy atom. The lowest BCUT2D eigenvalue weighted by Crippen LogP contribution is -2.29. The van der Waals surface area contributed by atoms with Crippen LogP contribution < -0.4 is 5.32 Å². The Kier molecular flexibility index (Phi) is 5.58. The molecule has 148 valence electrons. The molecule has 0 saturated heterocycles. The second-order valence-electron chi connectivity index (χ2n) is 6.97. The molecule has 0 spiro atoms. The first kappa shape index (κ1) is 19.4. The van der Waals surface area contributed by atoms with Gasteiger partial charge in [0.1, 0.15) is 0 Å². The van der Waals surface area contributed by atoms with Crippen molar-refractivity contribution in [3.8, 4) is 12.3 Å². The zero-order valence-corrected chi connectivity index (χ0v) is 16.4. The van der Waals surface area contributed by atoms with Crippen LogP contribution in [0.3, 0.4) is 0 Å². The summed E-state index contributed by atoms with van der Waals surface area (Å²) in [6, 6.07) is 17.5. The van der Waals surface area contributed by atoms with Crippen LogP contribution in [0.1, 0.15) is 33.6 Å². The Hall–Kier alpha value is -3.91. The maximum atomic E-state index is 13.0. The highest BCUT2D eigenvalue weighted by Crippen LogP contribution is 2.37. The van der Waals surface area contributed by atoms with E-state index in [1.807, 2.05) is 54.6 Å². The molecule has 5 nitrogen and oxygen atoms in total. The first-order valence-corrected chi connectivity index (χ1v) is 9.72. The van der Waals surface area contributed by atoms with Crippen molar-refractivity contribution < 1.29 is 14.3 Å². The number of esters is 1. The number of ether oxygens (including phenoxy) is 1. The zero-order chi connectivity index (χ0) is 20.9. The Morgan fingerprint density at radius 2 is 1.87 bits per heavy atom.